The van der Waals surface area contributed by atoms with Gasteiger partial charge in [0.25, 0.3) is 0 Å². The number of hydrogen-bond donors (Lipinski definition) is 2. The second kappa shape index (κ2) is 4.49. The van der Waals surface area contributed by atoms with Gasteiger partial charge in [-0.1, -0.05) is 0 Å². The third-order valence-electron chi connectivity index (χ3n) is 0.137. The van der Waals surface area contributed by atoms with E-state index in [4.69, 9.17) is 9.79 Å². The van der Waals surface area contributed by atoms with Crippen LogP contribution in [0.5, 0.6) is 0 Å². The SMILES string of the molecule is O=P(O)(O)[O][SbH2].[Mo]. The van der Waals surface area contributed by atoms with Crippen LogP contribution in [0.3, 0.4) is 0 Å². The summed E-state index contributed by atoms with van der Waals surface area (Å²) < 4.78 is 13.2. The van der Waals surface area contributed by atoms with Crippen molar-refractivity contribution in [1.29, 1.82) is 0 Å². The van der Waals surface area contributed by atoms with Crippen LogP contribution in [0.15, 0.2) is 0 Å². The van der Waals surface area contributed by atoms with E-state index < -0.39 is 7.82 Å². The standard InChI is InChI=1S/Mo.H3O4P.Sb.2H/c;1-5(2,3)4;;;/h;(H3,1,2,3,4);;;/q;;+1;;/p-1. The Labute approximate surface area is 69.2 Å². The van der Waals surface area contributed by atoms with Gasteiger partial charge in [-0.25, -0.2) is 0 Å². The average molecular weight is 317 g/mol. The molecule has 0 amide bonds. The van der Waals surface area contributed by atoms with Gasteiger partial charge in [-0.05, 0) is 0 Å². The number of rotatable bonds is 1. The van der Waals surface area contributed by atoms with Gasteiger partial charge in [-0.3, -0.25) is 0 Å². The molecule has 0 aliphatic carbocycles. The van der Waals surface area contributed by atoms with E-state index in [1.165, 1.54) is 0 Å². The molecule has 0 aliphatic heterocycles. The predicted octanol–water partition coefficient (Wildman–Crippen LogP) is -1.36. The van der Waals surface area contributed by atoms with Crippen molar-refractivity contribution in [3.63, 3.8) is 0 Å². The average Bonchev–Trinajstić information content (AvgIpc) is 1.35. The summed E-state index contributed by atoms with van der Waals surface area (Å²) in [7, 11) is -4.09. The van der Waals surface area contributed by atoms with Crippen LogP contribution in [0.25, 0.3) is 0 Å². The molecule has 7 heteroatoms. The minimum absolute atomic E-state index is 0. The molecule has 0 saturated carbocycles. The quantitative estimate of drug-likeness (QED) is 0.463. The minimum atomic E-state index is -4.09. The van der Waals surface area contributed by atoms with Crippen LogP contribution in [0, 0.1) is 0 Å². The van der Waals surface area contributed by atoms with E-state index in [-0.39, 0.29) is 44.5 Å². The summed E-state index contributed by atoms with van der Waals surface area (Å²) in [5, 5.41) is 0. The molecule has 4 nitrogen and oxygen atoms in total. The van der Waals surface area contributed by atoms with Crippen molar-refractivity contribution in [3.05, 3.63) is 0 Å². The summed E-state index contributed by atoms with van der Waals surface area (Å²) in [4.78, 5) is 15.5. The van der Waals surface area contributed by atoms with Crippen molar-refractivity contribution in [2.24, 2.45) is 0 Å². The molecule has 0 rings (SSSR count). The van der Waals surface area contributed by atoms with Crippen molar-refractivity contribution >= 4 is 31.3 Å². The molecule has 0 spiro atoms. The van der Waals surface area contributed by atoms with Gasteiger partial charge < -0.3 is 0 Å². The molecular weight excluding hydrogens is 313 g/mol. The van der Waals surface area contributed by atoms with E-state index in [1.807, 2.05) is 0 Å². The summed E-state index contributed by atoms with van der Waals surface area (Å²) in [5.41, 5.74) is 0. The molecule has 0 fully saturated rings. The van der Waals surface area contributed by atoms with Gasteiger partial charge in [-0.15, -0.1) is 0 Å². The molecular formula is H4MoO4PSb. The van der Waals surface area contributed by atoms with Crippen LogP contribution in [0.1, 0.15) is 0 Å². The molecule has 0 atom stereocenters. The van der Waals surface area contributed by atoms with Gasteiger partial charge >= 0.3 is 48.4 Å². The molecule has 0 bridgehead atoms. The van der Waals surface area contributed by atoms with Crippen LogP contribution < -0.4 is 0 Å². The first kappa shape index (κ1) is 11.4. The third kappa shape index (κ3) is 11.3. The third-order valence-corrected chi connectivity index (χ3v) is 2.76. The number of hydrogen-bond acceptors (Lipinski definition) is 2. The first-order valence-corrected chi connectivity index (χ1v) is 3.88. The van der Waals surface area contributed by atoms with E-state index in [9.17, 15) is 4.57 Å². The molecule has 7 heavy (non-hydrogen) atoms. The molecule has 0 aromatic heterocycles. The Hall–Kier alpha value is 1.62. The van der Waals surface area contributed by atoms with Crippen molar-refractivity contribution in [1.82, 2.24) is 0 Å². The van der Waals surface area contributed by atoms with Gasteiger partial charge in [0.2, 0.25) is 0 Å². The van der Waals surface area contributed by atoms with Crippen molar-refractivity contribution in [2.75, 3.05) is 0 Å². The Bertz CT molecular complexity index is 75.8. The van der Waals surface area contributed by atoms with Gasteiger partial charge in [0, 0.05) is 21.1 Å². The summed E-state index contributed by atoms with van der Waals surface area (Å²) >= 11 is 0.140. The van der Waals surface area contributed by atoms with Crippen LogP contribution in [0.2, 0.25) is 0 Å². The minimum Gasteiger partial charge on any atom is 0 e. The fraction of sp³-hybridized carbons (Fsp3) is 0. The van der Waals surface area contributed by atoms with Gasteiger partial charge in [0.05, 0.1) is 0 Å². The fourth-order valence-corrected chi connectivity index (χ4v) is 0. The normalized spacial score (nSPS) is 10.1. The maximum atomic E-state index is 9.50. The Morgan fingerprint density at radius 2 is 1.71 bits per heavy atom. The zero-order valence-electron chi connectivity index (χ0n) is 3.14. The Balaban J connectivity index is 0. The van der Waals surface area contributed by atoms with Gasteiger partial charge in [0.1, 0.15) is 0 Å². The molecule has 0 heterocycles. The molecule has 2 N–H and O–H groups in total. The Kier molecular flexibility index (Phi) is 7.33. The molecule has 0 saturated heterocycles. The molecule has 0 unspecified atom stereocenters. The largest absolute Gasteiger partial charge is 0 e. The zero-order chi connectivity index (χ0) is 5.21. The van der Waals surface area contributed by atoms with Crippen molar-refractivity contribution in [3.8, 4) is 0 Å². The monoisotopic (exact) mass is 318 g/mol. The molecule has 0 aromatic rings. The first-order valence-electron chi connectivity index (χ1n) is 1.00. The van der Waals surface area contributed by atoms with E-state index in [1.54, 1.807) is 0 Å². The zero-order valence-corrected chi connectivity index (χ0v) is 9.34. The molecule has 44 valence electrons. The fourth-order valence-electron chi connectivity index (χ4n) is 0. The van der Waals surface area contributed by atoms with Crippen LogP contribution in [0.4, 0.5) is 0 Å². The van der Waals surface area contributed by atoms with E-state index in [0.29, 0.717) is 0 Å². The van der Waals surface area contributed by atoms with Crippen LogP contribution in [-0.2, 0) is 28.4 Å². The topological polar surface area (TPSA) is 66.8 Å². The second-order valence-corrected chi connectivity index (χ2v) is 3.59. The van der Waals surface area contributed by atoms with Crippen molar-refractivity contribution in [2.45, 2.75) is 0 Å². The Morgan fingerprint density at radius 1 is 1.57 bits per heavy atom. The number of phosphoric acid groups is 1. The summed E-state index contributed by atoms with van der Waals surface area (Å²) in [6.07, 6.45) is 0. The van der Waals surface area contributed by atoms with Gasteiger partial charge in [0.15, 0.2) is 0 Å². The predicted molar refractivity (Wildman–Crippen MR) is 21.7 cm³/mol. The summed E-state index contributed by atoms with van der Waals surface area (Å²) in [5.74, 6) is 0. The van der Waals surface area contributed by atoms with Crippen molar-refractivity contribution < 1.29 is 38.2 Å². The maximum Gasteiger partial charge on any atom is 0 e. The van der Waals surface area contributed by atoms with E-state index in [0.717, 1.165) is 0 Å². The smallest absolute Gasteiger partial charge is 0 e. The van der Waals surface area contributed by atoms with E-state index >= 15 is 0 Å². The van der Waals surface area contributed by atoms with Gasteiger partial charge in [-0.2, -0.15) is 0 Å². The Morgan fingerprint density at radius 3 is 1.71 bits per heavy atom. The molecule has 0 radical (unpaired) electrons. The second-order valence-electron chi connectivity index (χ2n) is 0.596. The maximum absolute atomic E-state index is 9.50. The summed E-state index contributed by atoms with van der Waals surface area (Å²) in [6.45, 7) is 0. The molecule has 0 aliphatic rings. The molecule has 0 aromatic carbocycles. The van der Waals surface area contributed by atoms with Crippen LogP contribution >= 0.6 is 7.82 Å². The summed E-state index contributed by atoms with van der Waals surface area (Å²) in [6, 6.07) is 0. The first-order chi connectivity index (χ1) is 2.56. The van der Waals surface area contributed by atoms with Crippen LogP contribution in [-0.4, -0.2) is 33.2 Å². The van der Waals surface area contributed by atoms with E-state index in [2.05, 4.69) is 2.80 Å².